The summed E-state index contributed by atoms with van der Waals surface area (Å²) in [5.74, 6) is 0.607. The Labute approximate surface area is 122 Å². The zero-order chi connectivity index (χ0) is 14.0. The first kappa shape index (κ1) is 11.4. The number of benzene rings is 1. The first-order chi connectivity index (χ1) is 10.3. The van der Waals surface area contributed by atoms with Crippen LogP contribution in [0.15, 0.2) is 36.2 Å². The van der Waals surface area contributed by atoms with Gasteiger partial charge in [0.05, 0.1) is 11.6 Å². The third-order valence-corrected chi connectivity index (χ3v) is 5.03. The van der Waals surface area contributed by atoms with Crippen LogP contribution in [0.4, 0.5) is 0 Å². The quantitative estimate of drug-likeness (QED) is 0.868. The zero-order valence-electron chi connectivity index (χ0n) is 11.6. The molecule has 0 spiro atoms. The average molecular weight is 280 g/mol. The van der Waals surface area contributed by atoms with Gasteiger partial charge in [-0.15, -0.1) is 0 Å². The van der Waals surface area contributed by atoms with Gasteiger partial charge in [0.1, 0.15) is 0 Å². The minimum absolute atomic E-state index is 0.0488. The number of hydrogen-bond donors (Lipinski definition) is 1. The SMILES string of the molecule is O=C(c1n[nH]c2ccccc12)N1C2=CN3CC[C@@H]2C[C@@H]1C3. The van der Waals surface area contributed by atoms with Crippen molar-refractivity contribution < 1.29 is 4.79 Å². The Balaban J connectivity index is 1.60. The van der Waals surface area contributed by atoms with Crippen LogP contribution in [0.1, 0.15) is 23.3 Å². The van der Waals surface area contributed by atoms with Crippen molar-refractivity contribution in [1.29, 1.82) is 0 Å². The molecule has 1 saturated heterocycles. The molecule has 2 aromatic rings. The Hall–Kier alpha value is -2.30. The van der Waals surface area contributed by atoms with Crippen LogP contribution in [0.5, 0.6) is 0 Å². The second-order valence-corrected chi connectivity index (χ2v) is 6.22. The molecule has 3 aliphatic heterocycles. The minimum atomic E-state index is 0.0488. The lowest BCUT2D eigenvalue weighted by molar-refractivity contribution is 0.0716. The van der Waals surface area contributed by atoms with Gasteiger partial charge in [-0.2, -0.15) is 5.10 Å². The fourth-order valence-corrected chi connectivity index (χ4v) is 4.06. The molecule has 0 saturated carbocycles. The van der Waals surface area contributed by atoms with Crippen LogP contribution in [-0.2, 0) is 0 Å². The molecule has 1 N–H and O–H groups in total. The maximum absolute atomic E-state index is 13.0. The molecule has 1 fully saturated rings. The second kappa shape index (κ2) is 3.87. The summed E-state index contributed by atoms with van der Waals surface area (Å²) in [5, 5.41) is 8.15. The number of rotatable bonds is 1. The Kier molecular flexibility index (Phi) is 2.10. The highest BCUT2D eigenvalue weighted by molar-refractivity contribution is 6.05. The smallest absolute Gasteiger partial charge is 0.279 e. The van der Waals surface area contributed by atoms with Crippen molar-refractivity contribution in [2.24, 2.45) is 5.92 Å². The van der Waals surface area contributed by atoms with E-state index < -0.39 is 0 Å². The van der Waals surface area contributed by atoms with Crippen molar-refractivity contribution in [3.63, 3.8) is 0 Å². The molecule has 0 aliphatic carbocycles. The normalized spacial score (nSPS) is 26.6. The Morgan fingerprint density at radius 3 is 3.19 bits per heavy atom. The van der Waals surface area contributed by atoms with Gasteiger partial charge in [-0.3, -0.25) is 9.89 Å². The number of hydrogen-bond acceptors (Lipinski definition) is 3. The molecule has 5 rings (SSSR count). The number of para-hydroxylation sites is 1. The van der Waals surface area contributed by atoms with E-state index in [9.17, 15) is 4.79 Å². The lowest BCUT2D eigenvalue weighted by atomic mass is 9.99. The number of allylic oxidation sites excluding steroid dienone is 1. The van der Waals surface area contributed by atoms with Crippen molar-refractivity contribution in [1.82, 2.24) is 20.0 Å². The van der Waals surface area contributed by atoms with Gasteiger partial charge in [-0.25, -0.2) is 0 Å². The molecule has 1 amide bonds. The van der Waals surface area contributed by atoms with Crippen molar-refractivity contribution in [3.05, 3.63) is 41.9 Å². The van der Waals surface area contributed by atoms with Crippen molar-refractivity contribution in [2.45, 2.75) is 18.9 Å². The zero-order valence-corrected chi connectivity index (χ0v) is 11.6. The summed E-state index contributed by atoms with van der Waals surface area (Å²) < 4.78 is 0. The summed E-state index contributed by atoms with van der Waals surface area (Å²) in [6.07, 6.45) is 4.47. The monoisotopic (exact) mass is 280 g/mol. The standard InChI is InChI=1S/C16H16N4O/c21-16(15-12-3-1-2-4-13(12)17-18-15)20-11-7-10-5-6-19(8-11)9-14(10)20/h1-4,9-11H,5-8H2,(H,17,18)/t10-,11-/m1/s1. The van der Waals surface area contributed by atoms with Gasteiger partial charge in [0.15, 0.2) is 5.69 Å². The van der Waals surface area contributed by atoms with E-state index in [0.717, 1.165) is 30.4 Å². The summed E-state index contributed by atoms with van der Waals surface area (Å²) >= 11 is 0. The van der Waals surface area contributed by atoms with Crippen molar-refractivity contribution in [3.8, 4) is 0 Å². The molecular formula is C16H16N4O. The summed E-state index contributed by atoms with van der Waals surface area (Å²) in [5.41, 5.74) is 2.68. The molecular weight excluding hydrogens is 264 g/mol. The van der Waals surface area contributed by atoms with Gasteiger partial charge in [0.2, 0.25) is 0 Å². The predicted octanol–water partition coefficient (Wildman–Crippen LogP) is 1.95. The highest BCUT2D eigenvalue weighted by atomic mass is 16.2. The molecule has 5 nitrogen and oxygen atoms in total. The van der Waals surface area contributed by atoms with Gasteiger partial charge in [0, 0.05) is 36.3 Å². The van der Waals surface area contributed by atoms with Crippen LogP contribution in [0.3, 0.4) is 0 Å². The number of aromatic nitrogens is 2. The van der Waals surface area contributed by atoms with Crippen LogP contribution in [0, 0.1) is 5.92 Å². The summed E-state index contributed by atoms with van der Waals surface area (Å²) in [6, 6.07) is 8.14. The second-order valence-electron chi connectivity index (χ2n) is 6.22. The molecule has 1 aromatic heterocycles. The molecule has 0 unspecified atom stereocenters. The Morgan fingerprint density at radius 2 is 2.24 bits per heavy atom. The van der Waals surface area contributed by atoms with E-state index in [0.29, 0.717) is 17.7 Å². The van der Waals surface area contributed by atoms with Crippen LogP contribution in [-0.4, -0.2) is 45.0 Å². The van der Waals surface area contributed by atoms with E-state index in [2.05, 4.69) is 21.3 Å². The molecule has 4 heterocycles. The van der Waals surface area contributed by atoms with Crippen LogP contribution in [0.25, 0.3) is 10.9 Å². The highest BCUT2D eigenvalue weighted by Crippen LogP contribution is 2.43. The third-order valence-electron chi connectivity index (χ3n) is 5.03. The lowest BCUT2D eigenvalue weighted by Gasteiger charge is -2.38. The third kappa shape index (κ3) is 1.46. The molecule has 21 heavy (non-hydrogen) atoms. The van der Waals surface area contributed by atoms with E-state index in [1.165, 1.54) is 12.1 Å². The molecule has 1 aromatic carbocycles. The molecule has 3 bridgehead atoms. The number of nitrogens with zero attached hydrogens (tertiary/aromatic N) is 3. The fourth-order valence-electron chi connectivity index (χ4n) is 4.06. The Morgan fingerprint density at radius 1 is 1.33 bits per heavy atom. The largest absolute Gasteiger partial charge is 0.374 e. The van der Waals surface area contributed by atoms with Crippen LogP contribution >= 0.6 is 0 Å². The fraction of sp³-hybridized carbons (Fsp3) is 0.375. The predicted molar refractivity (Wildman–Crippen MR) is 78.4 cm³/mol. The Bertz CT molecular complexity index is 775. The minimum Gasteiger partial charge on any atom is -0.374 e. The maximum Gasteiger partial charge on any atom is 0.279 e. The number of carbonyl (C=O) groups is 1. The van der Waals surface area contributed by atoms with Gasteiger partial charge in [0.25, 0.3) is 5.91 Å². The molecule has 3 aliphatic rings. The van der Waals surface area contributed by atoms with E-state index in [1.807, 2.05) is 29.2 Å². The summed E-state index contributed by atoms with van der Waals surface area (Å²) in [7, 11) is 0. The van der Waals surface area contributed by atoms with Crippen molar-refractivity contribution >= 4 is 16.8 Å². The topological polar surface area (TPSA) is 52.2 Å². The van der Waals surface area contributed by atoms with E-state index >= 15 is 0 Å². The lowest BCUT2D eigenvalue weighted by Crippen LogP contribution is -2.46. The molecule has 106 valence electrons. The summed E-state index contributed by atoms with van der Waals surface area (Å²) in [6.45, 7) is 2.10. The first-order valence-corrected chi connectivity index (χ1v) is 7.54. The van der Waals surface area contributed by atoms with E-state index in [1.54, 1.807) is 0 Å². The van der Waals surface area contributed by atoms with Crippen LogP contribution < -0.4 is 0 Å². The number of fused-ring (bicyclic) bond motifs is 3. The van der Waals surface area contributed by atoms with Gasteiger partial charge >= 0.3 is 0 Å². The maximum atomic E-state index is 13.0. The number of carbonyl (C=O) groups excluding carboxylic acids is 1. The summed E-state index contributed by atoms with van der Waals surface area (Å²) in [4.78, 5) is 17.4. The number of aromatic amines is 1. The van der Waals surface area contributed by atoms with Gasteiger partial charge in [-0.05, 0) is 18.9 Å². The number of H-pyrrole nitrogens is 1. The molecule has 2 atom stereocenters. The van der Waals surface area contributed by atoms with Gasteiger partial charge < -0.3 is 9.80 Å². The highest BCUT2D eigenvalue weighted by Gasteiger charge is 2.46. The molecule has 0 radical (unpaired) electrons. The van der Waals surface area contributed by atoms with E-state index in [4.69, 9.17) is 0 Å². The van der Waals surface area contributed by atoms with Crippen LogP contribution in [0.2, 0.25) is 0 Å². The first-order valence-electron chi connectivity index (χ1n) is 7.54. The van der Waals surface area contributed by atoms with Gasteiger partial charge in [-0.1, -0.05) is 18.2 Å². The molecule has 5 heteroatoms. The average Bonchev–Trinajstić information content (AvgIpc) is 2.96. The van der Waals surface area contributed by atoms with E-state index in [-0.39, 0.29) is 5.91 Å². The number of amides is 1. The van der Waals surface area contributed by atoms with Crippen molar-refractivity contribution in [2.75, 3.05) is 13.1 Å². The number of nitrogens with one attached hydrogen (secondary N) is 1.